The lowest BCUT2D eigenvalue weighted by molar-refractivity contribution is 0.232. The van der Waals surface area contributed by atoms with Gasteiger partial charge in [-0.25, -0.2) is 0 Å². The maximum absolute atomic E-state index is 12.5. The van der Waals surface area contributed by atoms with E-state index in [2.05, 4.69) is 63.7 Å². The highest BCUT2D eigenvalue weighted by Gasteiger charge is 2.38. The first-order valence-corrected chi connectivity index (χ1v) is 14.2. The summed E-state index contributed by atoms with van der Waals surface area (Å²) in [6.45, 7) is 20.5. The number of rotatable bonds is 6. The Balaban J connectivity index is 2.06. The molecule has 1 aliphatic carbocycles. The molecule has 1 aromatic rings. The van der Waals surface area contributed by atoms with E-state index in [1.165, 1.54) is 16.7 Å². The van der Waals surface area contributed by atoms with Crippen LogP contribution >= 0.6 is 0 Å². The molecule has 0 radical (unpaired) electrons. The Hall–Kier alpha value is -0.333. The summed E-state index contributed by atoms with van der Waals surface area (Å²) in [7, 11) is -1.71. The minimum atomic E-state index is -1.71. The largest absolute Gasteiger partial charge is 0.598 e. The molecule has 3 atom stereocenters. The molecule has 0 spiro atoms. The van der Waals surface area contributed by atoms with Crippen LogP contribution in [-0.2, 0) is 28.6 Å². The lowest BCUT2D eigenvalue weighted by atomic mass is 9.98. The van der Waals surface area contributed by atoms with Crippen LogP contribution in [0.4, 0.5) is 0 Å². The monoisotopic (exact) mass is 409 g/mol. The second-order valence-corrected chi connectivity index (χ2v) is 17.4. The van der Waals surface area contributed by atoms with E-state index >= 15 is 0 Å². The fourth-order valence-electron chi connectivity index (χ4n) is 3.23. The molecule has 27 heavy (non-hydrogen) atoms. The third kappa shape index (κ3) is 5.60. The molecule has 3 unspecified atom stereocenters. The molecule has 1 N–H and O–H groups in total. The number of fused-ring (bicyclic) bond motifs is 1. The van der Waals surface area contributed by atoms with Gasteiger partial charge in [-0.15, -0.1) is 4.72 Å². The van der Waals surface area contributed by atoms with E-state index in [1.54, 1.807) is 0 Å². The molecular weight excluding hydrogens is 370 g/mol. The van der Waals surface area contributed by atoms with Gasteiger partial charge in [-0.2, -0.15) is 0 Å². The van der Waals surface area contributed by atoms with E-state index < -0.39 is 19.7 Å². The summed E-state index contributed by atoms with van der Waals surface area (Å²) in [4.78, 5) is 0. The average molecular weight is 410 g/mol. The standard InChI is InChI=1S/C22H39NO2SSi/c1-16(23-26(24)21(2,3)4)19-12-10-11-18-13-17(14-20(18)19)15-25-27(8,9)22(5,6)7/h10-12,16-17,23H,13-15H2,1-9H3. The summed E-state index contributed by atoms with van der Waals surface area (Å²) >= 11 is -1.07. The lowest BCUT2D eigenvalue weighted by Gasteiger charge is -2.37. The molecule has 0 aromatic heterocycles. The van der Waals surface area contributed by atoms with Crippen molar-refractivity contribution in [3.05, 3.63) is 34.9 Å². The molecule has 2 rings (SSSR count). The Kier molecular flexibility index (Phi) is 6.96. The van der Waals surface area contributed by atoms with Gasteiger partial charge in [-0.1, -0.05) is 39.0 Å². The number of hydrogen-bond acceptors (Lipinski definition) is 3. The zero-order valence-electron chi connectivity index (χ0n) is 18.7. The lowest BCUT2D eigenvalue weighted by Crippen LogP contribution is -2.42. The van der Waals surface area contributed by atoms with Gasteiger partial charge in [0.25, 0.3) is 0 Å². The average Bonchev–Trinajstić information content (AvgIpc) is 2.93. The van der Waals surface area contributed by atoms with Crippen LogP contribution in [-0.4, -0.2) is 24.2 Å². The second-order valence-electron chi connectivity index (χ2n) is 10.6. The first-order valence-electron chi connectivity index (χ1n) is 10.1. The predicted octanol–water partition coefficient (Wildman–Crippen LogP) is 5.54. The van der Waals surface area contributed by atoms with Crippen molar-refractivity contribution in [2.75, 3.05) is 6.61 Å². The van der Waals surface area contributed by atoms with Gasteiger partial charge in [0.2, 0.25) is 0 Å². The molecule has 0 amide bonds. The Morgan fingerprint density at radius 1 is 1.19 bits per heavy atom. The smallest absolute Gasteiger partial charge is 0.191 e. The van der Waals surface area contributed by atoms with Crippen LogP contribution in [0.3, 0.4) is 0 Å². The minimum absolute atomic E-state index is 0.0834. The number of benzene rings is 1. The van der Waals surface area contributed by atoms with Gasteiger partial charge in [-0.05, 0) is 81.3 Å². The zero-order chi connectivity index (χ0) is 20.6. The molecule has 0 heterocycles. The molecule has 0 saturated heterocycles. The van der Waals surface area contributed by atoms with Gasteiger partial charge >= 0.3 is 0 Å². The van der Waals surface area contributed by atoms with Crippen LogP contribution < -0.4 is 4.72 Å². The van der Waals surface area contributed by atoms with Crippen molar-refractivity contribution in [2.24, 2.45) is 5.92 Å². The maximum Gasteiger partial charge on any atom is 0.191 e. The molecule has 1 aromatic carbocycles. The quantitative estimate of drug-likeness (QED) is 0.496. The topological polar surface area (TPSA) is 44.3 Å². The van der Waals surface area contributed by atoms with Gasteiger partial charge in [0.1, 0.15) is 4.75 Å². The molecular formula is C22H39NO2SSi. The van der Waals surface area contributed by atoms with E-state index in [9.17, 15) is 4.55 Å². The fourth-order valence-corrected chi connectivity index (χ4v) is 5.12. The molecule has 0 saturated carbocycles. The van der Waals surface area contributed by atoms with Gasteiger partial charge < -0.3 is 8.98 Å². The van der Waals surface area contributed by atoms with Crippen molar-refractivity contribution in [3.8, 4) is 0 Å². The van der Waals surface area contributed by atoms with Crippen LogP contribution in [0.2, 0.25) is 18.1 Å². The molecule has 0 fully saturated rings. The van der Waals surface area contributed by atoms with Gasteiger partial charge in [0.05, 0.1) is 6.04 Å². The third-order valence-corrected chi connectivity index (χ3v) is 12.3. The maximum atomic E-state index is 12.5. The van der Waals surface area contributed by atoms with E-state index in [-0.39, 0.29) is 15.8 Å². The molecule has 3 nitrogen and oxygen atoms in total. The minimum Gasteiger partial charge on any atom is -0.598 e. The summed E-state index contributed by atoms with van der Waals surface area (Å²) in [5.74, 6) is 0.551. The Bertz CT molecular complexity index is 649. The van der Waals surface area contributed by atoms with E-state index in [4.69, 9.17) is 4.43 Å². The van der Waals surface area contributed by atoms with Crippen LogP contribution in [0.1, 0.15) is 71.2 Å². The van der Waals surface area contributed by atoms with Crippen LogP contribution in [0, 0.1) is 5.92 Å². The van der Waals surface area contributed by atoms with Gasteiger partial charge in [0, 0.05) is 18.0 Å². The van der Waals surface area contributed by atoms with Crippen LogP contribution in [0.25, 0.3) is 0 Å². The molecule has 1 aliphatic rings. The van der Waals surface area contributed by atoms with Gasteiger partial charge in [-0.3, -0.25) is 0 Å². The molecule has 0 bridgehead atoms. The van der Waals surface area contributed by atoms with Crippen molar-refractivity contribution >= 4 is 19.7 Å². The fraction of sp³-hybridized carbons (Fsp3) is 0.727. The number of hydrogen-bond donors (Lipinski definition) is 1. The summed E-state index contributed by atoms with van der Waals surface area (Å²) < 4.78 is 22.0. The summed E-state index contributed by atoms with van der Waals surface area (Å²) in [6.07, 6.45) is 2.15. The van der Waals surface area contributed by atoms with E-state index in [0.29, 0.717) is 5.92 Å². The van der Waals surface area contributed by atoms with Crippen molar-refractivity contribution in [1.29, 1.82) is 0 Å². The summed E-state index contributed by atoms with van der Waals surface area (Å²) in [5, 5.41) is 0.249. The number of nitrogens with one attached hydrogen (secondary N) is 1. The first kappa shape index (κ1) is 23.0. The highest BCUT2D eigenvalue weighted by atomic mass is 32.2. The molecule has 0 aliphatic heterocycles. The highest BCUT2D eigenvalue weighted by molar-refractivity contribution is 7.90. The van der Waals surface area contributed by atoms with E-state index in [1.807, 2.05) is 20.8 Å². The van der Waals surface area contributed by atoms with Crippen molar-refractivity contribution in [3.63, 3.8) is 0 Å². The second kappa shape index (κ2) is 8.19. The Morgan fingerprint density at radius 3 is 2.37 bits per heavy atom. The highest BCUT2D eigenvalue weighted by Crippen LogP contribution is 2.38. The normalized spacial score (nSPS) is 20.4. The van der Waals surface area contributed by atoms with Gasteiger partial charge in [0.15, 0.2) is 8.32 Å². The van der Waals surface area contributed by atoms with Crippen molar-refractivity contribution in [1.82, 2.24) is 4.72 Å². The Labute approximate surface area is 171 Å². The van der Waals surface area contributed by atoms with E-state index in [0.717, 1.165) is 19.4 Å². The van der Waals surface area contributed by atoms with Crippen molar-refractivity contribution in [2.45, 2.75) is 90.2 Å². The predicted molar refractivity (Wildman–Crippen MR) is 120 cm³/mol. The van der Waals surface area contributed by atoms with Crippen LogP contribution in [0.5, 0.6) is 0 Å². The SMILES string of the molecule is CC(N[S+]([O-])C(C)(C)C)c1cccc2c1CC(CO[Si](C)(C)C(C)(C)C)C2. The third-order valence-electron chi connectivity index (χ3n) is 6.10. The van der Waals surface area contributed by atoms with Crippen LogP contribution in [0.15, 0.2) is 18.2 Å². The summed E-state index contributed by atoms with van der Waals surface area (Å²) in [6, 6.07) is 6.66. The molecule has 5 heteroatoms. The Morgan fingerprint density at radius 2 is 1.81 bits per heavy atom. The summed E-state index contributed by atoms with van der Waals surface area (Å²) in [5.41, 5.74) is 4.17. The zero-order valence-corrected chi connectivity index (χ0v) is 20.5. The first-order chi connectivity index (χ1) is 12.2. The van der Waals surface area contributed by atoms with Crippen molar-refractivity contribution < 1.29 is 8.98 Å². The molecule has 154 valence electrons.